The Bertz CT molecular complexity index is 499. The van der Waals surface area contributed by atoms with Crippen LogP contribution in [0.1, 0.15) is 6.92 Å². The van der Waals surface area contributed by atoms with E-state index in [1.165, 1.54) is 11.8 Å². The van der Waals surface area contributed by atoms with Gasteiger partial charge in [0.05, 0.1) is 13.2 Å². The third kappa shape index (κ3) is 3.76. The molecule has 2 rings (SSSR count). The summed E-state index contributed by atoms with van der Waals surface area (Å²) in [5.74, 6) is 1.46. The number of carbonyl (C=O) groups excluding carboxylic acids is 1. The van der Waals surface area contributed by atoms with Crippen LogP contribution in [-0.4, -0.2) is 61.5 Å². The standard InChI is InChI=1S/C13H21N5O2S/c1-4-15-10-7-11(17-13(16-10)21-3)18-5-6-20-8-9(18)12(19)14-2/h7,9H,4-6,8H2,1-3H3,(H,14,19)(H,15,16,17). The highest BCUT2D eigenvalue weighted by Crippen LogP contribution is 2.23. The number of rotatable bonds is 5. The van der Waals surface area contributed by atoms with E-state index in [9.17, 15) is 4.79 Å². The van der Waals surface area contributed by atoms with Crippen molar-refractivity contribution in [1.82, 2.24) is 15.3 Å². The van der Waals surface area contributed by atoms with Crippen LogP contribution in [0.3, 0.4) is 0 Å². The zero-order chi connectivity index (χ0) is 15.2. The van der Waals surface area contributed by atoms with Crippen LogP contribution in [0.15, 0.2) is 11.2 Å². The van der Waals surface area contributed by atoms with Gasteiger partial charge in [-0.1, -0.05) is 11.8 Å². The van der Waals surface area contributed by atoms with Crippen molar-refractivity contribution in [3.8, 4) is 0 Å². The lowest BCUT2D eigenvalue weighted by atomic mass is 10.2. The van der Waals surface area contributed by atoms with Crippen molar-refractivity contribution in [3.05, 3.63) is 6.07 Å². The summed E-state index contributed by atoms with van der Waals surface area (Å²) in [7, 11) is 1.63. The molecule has 1 aliphatic rings. The second kappa shape index (κ2) is 7.46. The van der Waals surface area contributed by atoms with Crippen molar-refractivity contribution in [3.63, 3.8) is 0 Å². The molecule has 1 aromatic heterocycles. The summed E-state index contributed by atoms with van der Waals surface area (Å²) in [5, 5.41) is 6.56. The quantitative estimate of drug-likeness (QED) is 0.608. The third-order valence-electron chi connectivity index (χ3n) is 3.20. The van der Waals surface area contributed by atoms with Gasteiger partial charge in [-0.05, 0) is 13.2 Å². The SMILES string of the molecule is CCNc1cc(N2CCOCC2C(=O)NC)nc(SC)n1. The predicted octanol–water partition coefficient (Wildman–Crippen LogP) is 0.581. The van der Waals surface area contributed by atoms with E-state index in [1.54, 1.807) is 7.05 Å². The first-order valence-electron chi connectivity index (χ1n) is 6.92. The third-order valence-corrected chi connectivity index (χ3v) is 3.75. The molecule has 1 saturated heterocycles. The molecular formula is C13H21N5O2S. The zero-order valence-corrected chi connectivity index (χ0v) is 13.4. The molecule has 0 radical (unpaired) electrons. The summed E-state index contributed by atoms with van der Waals surface area (Å²) in [4.78, 5) is 22.9. The molecule has 1 unspecified atom stereocenters. The number of amides is 1. The van der Waals surface area contributed by atoms with Crippen LogP contribution in [0.2, 0.25) is 0 Å². The maximum absolute atomic E-state index is 12.0. The molecule has 8 heteroatoms. The number of carbonyl (C=O) groups is 1. The molecule has 1 amide bonds. The molecular weight excluding hydrogens is 290 g/mol. The molecule has 1 aromatic rings. The summed E-state index contributed by atoms with van der Waals surface area (Å²) >= 11 is 1.48. The molecule has 2 N–H and O–H groups in total. The van der Waals surface area contributed by atoms with E-state index in [0.29, 0.717) is 24.9 Å². The van der Waals surface area contributed by atoms with Gasteiger partial charge in [0, 0.05) is 26.2 Å². The molecule has 0 spiro atoms. The van der Waals surface area contributed by atoms with Crippen molar-refractivity contribution in [2.45, 2.75) is 18.1 Å². The minimum absolute atomic E-state index is 0.0657. The smallest absolute Gasteiger partial charge is 0.244 e. The van der Waals surface area contributed by atoms with Crippen LogP contribution in [0.5, 0.6) is 0 Å². The molecule has 2 heterocycles. The molecule has 0 aromatic carbocycles. The van der Waals surface area contributed by atoms with Gasteiger partial charge in [-0.3, -0.25) is 4.79 Å². The highest BCUT2D eigenvalue weighted by Gasteiger charge is 2.30. The maximum atomic E-state index is 12.0. The summed E-state index contributed by atoms with van der Waals surface area (Å²) in [5.41, 5.74) is 0. The molecule has 0 saturated carbocycles. The van der Waals surface area contributed by atoms with Crippen molar-refractivity contribution in [2.24, 2.45) is 0 Å². The van der Waals surface area contributed by atoms with Crippen LogP contribution in [0.4, 0.5) is 11.6 Å². The fraction of sp³-hybridized carbons (Fsp3) is 0.615. The summed E-state index contributed by atoms with van der Waals surface area (Å²) in [6, 6.07) is 1.52. The number of morpholine rings is 1. The maximum Gasteiger partial charge on any atom is 0.244 e. The van der Waals surface area contributed by atoms with Gasteiger partial charge in [-0.15, -0.1) is 0 Å². The van der Waals surface area contributed by atoms with E-state index >= 15 is 0 Å². The van der Waals surface area contributed by atoms with Crippen molar-refractivity contribution >= 4 is 29.3 Å². The van der Waals surface area contributed by atoms with Gasteiger partial charge in [0.2, 0.25) is 5.91 Å². The molecule has 7 nitrogen and oxygen atoms in total. The highest BCUT2D eigenvalue weighted by molar-refractivity contribution is 7.98. The van der Waals surface area contributed by atoms with Gasteiger partial charge in [-0.25, -0.2) is 9.97 Å². The first-order chi connectivity index (χ1) is 10.2. The van der Waals surface area contributed by atoms with E-state index in [-0.39, 0.29) is 11.9 Å². The van der Waals surface area contributed by atoms with E-state index in [0.717, 1.165) is 18.2 Å². The second-order valence-electron chi connectivity index (χ2n) is 4.53. The molecule has 21 heavy (non-hydrogen) atoms. The normalized spacial score (nSPS) is 18.4. The lowest BCUT2D eigenvalue weighted by Gasteiger charge is -2.35. The van der Waals surface area contributed by atoms with Crippen molar-refractivity contribution < 1.29 is 9.53 Å². The summed E-state index contributed by atoms with van der Waals surface area (Å²) < 4.78 is 5.42. The fourth-order valence-corrected chi connectivity index (χ4v) is 2.56. The first-order valence-corrected chi connectivity index (χ1v) is 8.15. The Kier molecular flexibility index (Phi) is 5.63. The minimum atomic E-state index is -0.358. The number of nitrogens with one attached hydrogen (secondary N) is 2. The molecule has 1 fully saturated rings. The fourth-order valence-electron chi connectivity index (χ4n) is 2.18. The Balaban J connectivity index is 2.32. The summed E-state index contributed by atoms with van der Waals surface area (Å²) in [6.45, 7) is 4.39. The number of anilines is 2. The van der Waals surface area contributed by atoms with E-state index < -0.39 is 0 Å². The van der Waals surface area contributed by atoms with Crippen LogP contribution < -0.4 is 15.5 Å². The van der Waals surface area contributed by atoms with E-state index in [2.05, 4.69) is 20.6 Å². The number of likely N-dealkylation sites (N-methyl/N-ethyl adjacent to an activating group) is 1. The Morgan fingerprint density at radius 2 is 2.38 bits per heavy atom. The van der Waals surface area contributed by atoms with Gasteiger partial charge >= 0.3 is 0 Å². The Morgan fingerprint density at radius 1 is 1.57 bits per heavy atom. The van der Waals surface area contributed by atoms with Crippen LogP contribution in [-0.2, 0) is 9.53 Å². The largest absolute Gasteiger partial charge is 0.377 e. The first kappa shape index (κ1) is 15.8. The number of nitrogens with zero attached hydrogens (tertiary/aromatic N) is 3. The minimum Gasteiger partial charge on any atom is -0.377 e. The molecule has 1 aliphatic heterocycles. The van der Waals surface area contributed by atoms with E-state index in [4.69, 9.17) is 4.74 Å². The Labute approximate surface area is 128 Å². The Morgan fingerprint density at radius 3 is 3.05 bits per heavy atom. The average Bonchev–Trinajstić information content (AvgIpc) is 2.54. The van der Waals surface area contributed by atoms with Crippen LogP contribution >= 0.6 is 11.8 Å². The monoisotopic (exact) mass is 311 g/mol. The van der Waals surface area contributed by atoms with Crippen molar-refractivity contribution in [1.29, 1.82) is 0 Å². The Hall–Kier alpha value is -1.54. The number of thioether (sulfide) groups is 1. The molecule has 116 valence electrons. The lowest BCUT2D eigenvalue weighted by Crippen LogP contribution is -2.53. The van der Waals surface area contributed by atoms with E-state index in [1.807, 2.05) is 24.1 Å². The van der Waals surface area contributed by atoms with Crippen molar-refractivity contribution in [2.75, 3.05) is 49.8 Å². The molecule has 1 atom stereocenters. The topological polar surface area (TPSA) is 79.4 Å². The lowest BCUT2D eigenvalue weighted by molar-refractivity contribution is -0.124. The second-order valence-corrected chi connectivity index (χ2v) is 5.30. The van der Waals surface area contributed by atoms with Crippen LogP contribution in [0.25, 0.3) is 0 Å². The summed E-state index contributed by atoms with van der Waals surface area (Å²) in [6.07, 6.45) is 1.93. The molecule has 0 aliphatic carbocycles. The molecule has 0 bridgehead atoms. The number of hydrogen-bond acceptors (Lipinski definition) is 7. The predicted molar refractivity (Wildman–Crippen MR) is 84.0 cm³/mol. The average molecular weight is 311 g/mol. The highest BCUT2D eigenvalue weighted by atomic mass is 32.2. The van der Waals surface area contributed by atoms with Gasteiger partial charge in [0.15, 0.2) is 5.16 Å². The van der Waals surface area contributed by atoms with Crippen LogP contribution in [0, 0.1) is 0 Å². The van der Waals surface area contributed by atoms with Gasteiger partial charge in [0.25, 0.3) is 0 Å². The number of ether oxygens (including phenoxy) is 1. The number of hydrogen-bond donors (Lipinski definition) is 2. The zero-order valence-electron chi connectivity index (χ0n) is 12.5. The van der Waals surface area contributed by atoms with Gasteiger partial charge in [0.1, 0.15) is 17.7 Å². The van der Waals surface area contributed by atoms with Gasteiger partial charge < -0.3 is 20.3 Å². The number of aromatic nitrogens is 2. The van der Waals surface area contributed by atoms with Gasteiger partial charge in [-0.2, -0.15) is 0 Å².